The highest BCUT2D eigenvalue weighted by Gasteiger charge is 2.10. The van der Waals surface area contributed by atoms with Gasteiger partial charge in [-0.25, -0.2) is 4.39 Å². The van der Waals surface area contributed by atoms with Crippen LogP contribution in [0, 0.1) is 5.82 Å². The topological polar surface area (TPSA) is 58.1 Å². The summed E-state index contributed by atoms with van der Waals surface area (Å²) >= 11 is 0. The molecule has 0 radical (unpaired) electrons. The summed E-state index contributed by atoms with van der Waals surface area (Å²) in [5, 5.41) is 6.51. The van der Waals surface area contributed by atoms with E-state index in [0.717, 1.165) is 44.2 Å². The third-order valence-electron chi connectivity index (χ3n) is 5.01. The first-order chi connectivity index (χ1) is 14.7. The molecule has 0 atom stereocenters. The Bertz CT molecular complexity index is 816. The number of ether oxygens (including phenoxy) is 2. The minimum absolute atomic E-state index is 0. The van der Waals surface area contributed by atoms with Crippen LogP contribution in [0.1, 0.15) is 11.1 Å². The van der Waals surface area contributed by atoms with Crippen molar-refractivity contribution in [1.29, 1.82) is 0 Å². The Morgan fingerprint density at radius 3 is 2.71 bits per heavy atom. The summed E-state index contributed by atoms with van der Waals surface area (Å²) < 4.78 is 25.0. The number of rotatable bonds is 9. The van der Waals surface area contributed by atoms with Gasteiger partial charge in [0.15, 0.2) is 5.96 Å². The molecular formula is C23H32FIN4O2. The Balaban J connectivity index is 0.00000341. The number of guanidine groups is 1. The molecule has 8 heteroatoms. The largest absolute Gasteiger partial charge is 0.492 e. The second-order valence-corrected chi connectivity index (χ2v) is 7.14. The van der Waals surface area contributed by atoms with Crippen LogP contribution in [0.5, 0.6) is 5.75 Å². The van der Waals surface area contributed by atoms with Gasteiger partial charge in [0.1, 0.15) is 18.2 Å². The van der Waals surface area contributed by atoms with E-state index in [1.165, 1.54) is 6.07 Å². The van der Waals surface area contributed by atoms with Crippen LogP contribution < -0.4 is 15.4 Å². The zero-order valence-electron chi connectivity index (χ0n) is 18.0. The molecule has 2 N–H and O–H groups in total. The van der Waals surface area contributed by atoms with Crippen LogP contribution in [-0.4, -0.2) is 63.9 Å². The van der Waals surface area contributed by atoms with Crippen LogP contribution >= 0.6 is 24.0 Å². The first-order valence-corrected chi connectivity index (χ1v) is 10.4. The number of halogens is 2. The van der Waals surface area contributed by atoms with E-state index in [1.54, 1.807) is 19.2 Å². The predicted molar refractivity (Wildman–Crippen MR) is 133 cm³/mol. The lowest BCUT2D eigenvalue weighted by Gasteiger charge is -2.26. The molecule has 0 saturated carbocycles. The fourth-order valence-corrected chi connectivity index (χ4v) is 3.29. The quantitative estimate of drug-likeness (QED) is 0.290. The van der Waals surface area contributed by atoms with Gasteiger partial charge in [-0.05, 0) is 35.7 Å². The lowest BCUT2D eigenvalue weighted by molar-refractivity contribution is 0.0322. The zero-order chi connectivity index (χ0) is 21.0. The van der Waals surface area contributed by atoms with E-state index in [0.29, 0.717) is 37.6 Å². The minimum Gasteiger partial charge on any atom is -0.492 e. The average molecular weight is 542 g/mol. The predicted octanol–water partition coefficient (Wildman–Crippen LogP) is 3.06. The zero-order valence-corrected chi connectivity index (χ0v) is 20.3. The van der Waals surface area contributed by atoms with Gasteiger partial charge in [0, 0.05) is 39.8 Å². The van der Waals surface area contributed by atoms with Gasteiger partial charge < -0.3 is 20.1 Å². The SMILES string of the molecule is CN=C(NCCc1ccccc1F)NCc1cccc(OCCN2CCOCC2)c1.I. The van der Waals surface area contributed by atoms with Crippen molar-refractivity contribution in [2.75, 3.05) is 53.0 Å². The maximum atomic E-state index is 13.7. The third kappa shape index (κ3) is 9.00. The number of hydrogen-bond donors (Lipinski definition) is 2. The van der Waals surface area contributed by atoms with Crippen LogP contribution in [0.25, 0.3) is 0 Å². The Kier molecular flexibility index (Phi) is 11.6. The third-order valence-corrected chi connectivity index (χ3v) is 5.01. The van der Waals surface area contributed by atoms with Gasteiger partial charge in [-0.3, -0.25) is 9.89 Å². The molecule has 31 heavy (non-hydrogen) atoms. The van der Waals surface area contributed by atoms with Crippen LogP contribution in [0.3, 0.4) is 0 Å². The molecule has 0 aromatic heterocycles. The summed E-state index contributed by atoms with van der Waals surface area (Å²) in [6, 6.07) is 14.9. The molecule has 0 bridgehead atoms. The first kappa shape index (κ1) is 25.4. The van der Waals surface area contributed by atoms with Crippen molar-refractivity contribution in [3.63, 3.8) is 0 Å². The summed E-state index contributed by atoms with van der Waals surface area (Å²) in [5.74, 6) is 1.38. The molecule has 1 heterocycles. The highest BCUT2D eigenvalue weighted by atomic mass is 127. The number of hydrogen-bond acceptors (Lipinski definition) is 4. The molecule has 0 aliphatic carbocycles. The summed E-state index contributed by atoms with van der Waals surface area (Å²) in [5.41, 5.74) is 1.80. The van der Waals surface area contributed by atoms with Crippen LogP contribution in [-0.2, 0) is 17.7 Å². The highest BCUT2D eigenvalue weighted by molar-refractivity contribution is 14.0. The Morgan fingerprint density at radius 1 is 1.13 bits per heavy atom. The Hall–Kier alpha value is -1.91. The smallest absolute Gasteiger partial charge is 0.191 e. The molecule has 1 fully saturated rings. The van der Waals surface area contributed by atoms with Crippen molar-refractivity contribution in [1.82, 2.24) is 15.5 Å². The highest BCUT2D eigenvalue weighted by Crippen LogP contribution is 2.13. The molecule has 170 valence electrons. The van der Waals surface area contributed by atoms with E-state index in [-0.39, 0.29) is 29.8 Å². The van der Waals surface area contributed by atoms with E-state index >= 15 is 0 Å². The summed E-state index contributed by atoms with van der Waals surface area (Å²) in [6.07, 6.45) is 0.597. The number of morpholine rings is 1. The lowest BCUT2D eigenvalue weighted by Crippen LogP contribution is -2.38. The number of aliphatic imine (C=N–C) groups is 1. The van der Waals surface area contributed by atoms with Crippen LogP contribution in [0.4, 0.5) is 4.39 Å². The normalized spacial score (nSPS) is 14.6. The lowest BCUT2D eigenvalue weighted by atomic mass is 10.1. The molecule has 3 rings (SSSR count). The van der Waals surface area contributed by atoms with Crippen molar-refractivity contribution in [2.24, 2.45) is 4.99 Å². The fraction of sp³-hybridized carbons (Fsp3) is 0.435. The van der Waals surface area contributed by atoms with Crippen molar-refractivity contribution in [2.45, 2.75) is 13.0 Å². The molecule has 2 aromatic rings. The van der Waals surface area contributed by atoms with Gasteiger partial charge in [-0.15, -0.1) is 24.0 Å². The number of nitrogens with zero attached hydrogens (tertiary/aromatic N) is 2. The van der Waals surface area contributed by atoms with Gasteiger partial charge in [0.2, 0.25) is 0 Å². The van der Waals surface area contributed by atoms with Crippen molar-refractivity contribution in [3.8, 4) is 5.75 Å². The molecule has 1 saturated heterocycles. The maximum absolute atomic E-state index is 13.7. The molecule has 6 nitrogen and oxygen atoms in total. The first-order valence-electron chi connectivity index (χ1n) is 10.4. The van der Waals surface area contributed by atoms with E-state index in [4.69, 9.17) is 9.47 Å². The van der Waals surface area contributed by atoms with E-state index in [9.17, 15) is 4.39 Å². The summed E-state index contributed by atoms with van der Waals surface area (Å²) in [6.45, 7) is 6.34. The summed E-state index contributed by atoms with van der Waals surface area (Å²) in [7, 11) is 1.73. The second kappa shape index (κ2) is 14.2. The fourth-order valence-electron chi connectivity index (χ4n) is 3.29. The molecular weight excluding hydrogens is 510 g/mol. The molecule has 1 aliphatic rings. The number of benzene rings is 2. The minimum atomic E-state index is -0.173. The standard InChI is InChI=1S/C23H31FN4O2.HI/c1-25-23(26-10-9-20-6-2-3-8-22(20)24)27-18-19-5-4-7-21(17-19)30-16-13-28-11-14-29-15-12-28;/h2-8,17H,9-16,18H2,1H3,(H2,25,26,27);1H. The van der Waals surface area contributed by atoms with E-state index in [1.807, 2.05) is 24.3 Å². The van der Waals surface area contributed by atoms with E-state index in [2.05, 4.69) is 26.6 Å². The molecule has 0 amide bonds. The molecule has 1 aliphatic heterocycles. The average Bonchev–Trinajstić information content (AvgIpc) is 2.78. The van der Waals surface area contributed by atoms with Crippen molar-refractivity contribution >= 4 is 29.9 Å². The second-order valence-electron chi connectivity index (χ2n) is 7.14. The Morgan fingerprint density at radius 2 is 1.94 bits per heavy atom. The van der Waals surface area contributed by atoms with Crippen molar-refractivity contribution < 1.29 is 13.9 Å². The Labute approximate surface area is 201 Å². The van der Waals surface area contributed by atoms with Crippen LogP contribution in [0.15, 0.2) is 53.5 Å². The van der Waals surface area contributed by atoms with E-state index < -0.39 is 0 Å². The van der Waals surface area contributed by atoms with Gasteiger partial charge in [-0.2, -0.15) is 0 Å². The molecule has 2 aromatic carbocycles. The molecule has 0 unspecified atom stereocenters. The van der Waals surface area contributed by atoms with Gasteiger partial charge in [0.25, 0.3) is 0 Å². The van der Waals surface area contributed by atoms with Gasteiger partial charge >= 0.3 is 0 Å². The monoisotopic (exact) mass is 542 g/mol. The maximum Gasteiger partial charge on any atom is 0.191 e. The molecule has 0 spiro atoms. The van der Waals surface area contributed by atoms with Crippen LogP contribution in [0.2, 0.25) is 0 Å². The summed E-state index contributed by atoms with van der Waals surface area (Å²) in [4.78, 5) is 6.59. The van der Waals surface area contributed by atoms with Crippen molar-refractivity contribution in [3.05, 3.63) is 65.5 Å². The van der Waals surface area contributed by atoms with Gasteiger partial charge in [0.05, 0.1) is 13.2 Å². The van der Waals surface area contributed by atoms with Gasteiger partial charge in [-0.1, -0.05) is 30.3 Å². The number of nitrogens with one attached hydrogen (secondary N) is 2.